The number of ether oxygens (including phenoxy) is 4. The molecule has 2 atom stereocenters. The first-order valence-corrected chi connectivity index (χ1v) is 12.8. The molecule has 0 heterocycles. The number of esters is 4. The zero-order valence-electron chi connectivity index (χ0n) is 23.4. The van der Waals surface area contributed by atoms with Gasteiger partial charge in [0, 0.05) is 25.7 Å². The molecule has 1 rings (SSSR count). The van der Waals surface area contributed by atoms with Crippen LogP contribution in [0.25, 0.3) is 0 Å². The fraction of sp³-hybridized carbons (Fsp3) is 0.643. The molecule has 0 amide bonds. The lowest BCUT2D eigenvalue weighted by atomic mass is 9.88. The van der Waals surface area contributed by atoms with E-state index in [4.69, 9.17) is 24.7 Å². The van der Waals surface area contributed by atoms with Gasteiger partial charge >= 0.3 is 23.9 Å². The monoisotopic (exact) mass is 521 g/mol. The predicted octanol–water partition coefficient (Wildman–Crippen LogP) is 4.23. The third kappa shape index (κ3) is 10.9. The van der Waals surface area contributed by atoms with Crippen molar-refractivity contribution in [3.8, 4) is 11.5 Å². The largest absolute Gasteiger partial charge is 0.468 e. The summed E-state index contributed by atoms with van der Waals surface area (Å²) >= 11 is 0. The molecule has 2 N–H and O–H groups in total. The van der Waals surface area contributed by atoms with Crippen LogP contribution in [0.4, 0.5) is 0 Å². The van der Waals surface area contributed by atoms with Crippen molar-refractivity contribution in [1.82, 2.24) is 0 Å². The molecule has 9 nitrogen and oxygen atoms in total. The predicted molar refractivity (Wildman–Crippen MR) is 139 cm³/mol. The second-order valence-electron chi connectivity index (χ2n) is 10.7. The molecule has 0 aliphatic heterocycles. The zero-order chi connectivity index (χ0) is 28.3. The third-order valence-corrected chi connectivity index (χ3v) is 5.88. The van der Waals surface area contributed by atoms with Gasteiger partial charge in [-0.05, 0) is 35.4 Å². The normalized spacial score (nSPS) is 13.7. The van der Waals surface area contributed by atoms with Crippen LogP contribution in [0.15, 0.2) is 18.2 Å². The van der Waals surface area contributed by atoms with E-state index < -0.39 is 23.4 Å². The van der Waals surface area contributed by atoms with Gasteiger partial charge in [0.15, 0.2) is 11.5 Å². The van der Waals surface area contributed by atoms with Gasteiger partial charge in [0.1, 0.15) is 5.54 Å². The SMILES string of the molecule is COC(=O)[C@@](N)(CCOC(=O)C(C)C(C)C)Cc1ccc(OC(=O)CC(C)C)c(OC(=O)CC(C)C)c1. The van der Waals surface area contributed by atoms with Gasteiger partial charge < -0.3 is 24.7 Å². The highest BCUT2D eigenvalue weighted by Gasteiger charge is 2.36. The van der Waals surface area contributed by atoms with E-state index in [9.17, 15) is 19.2 Å². The van der Waals surface area contributed by atoms with E-state index in [0.717, 1.165) is 0 Å². The Morgan fingerprint density at radius 2 is 1.41 bits per heavy atom. The van der Waals surface area contributed by atoms with Crippen molar-refractivity contribution in [3.05, 3.63) is 23.8 Å². The summed E-state index contributed by atoms with van der Waals surface area (Å²) in [5, 5.41) is 0. The second kappa shape index (κ2) is 14.7. The maximum Gasteiger partial charge on any atom is 0.326 e. The van der Waals surface area contributed by atoms with E-state index in [2.05, 4.69) is 0 Å². The number of carbonyl (C=O) groups is 4. The summed E-state index contributed by atoms with van der Waals surface area (Å²) in [6, 6.07) is 4.66. The molecule has 1 aromatic carbocycles. The van der Waals surface area contributed by atoms with Crippen LogP contribution in [-0.4, -0.2) is 43.1 Å². The molecule has 0 bridgehead atoms. The molecule has 208 valence electrons. The van der Waals surface area contributed by atoms with E-state index in [1.807, 2.05) is 41.5 Å². The van der Waals surface area contributed by atoms with Gasteiger partial charge in [-0.15, -0.1) is 0 Å². The lowest BCUT2D eigenvalue weighted by Crippen LogP contribution is -2.51. The first-order chi connectivity index (χ1) is 17.2. The summed E-state index contributed by atoms with van der Waals surface area (Å²) < 4.78 is 21.2. The molecule has 0 aliphatic carbocycles. The van der Waals surface area contributed by atoms with E-state index >= 15 is 0 Å². The van der Waals surface area contributed by atoms with Crippen molar-refractivity contribution in [2.75, 3.05) is 13.7 Å². The number of carbonyl (C=O) groups excluding carboxylic acids is 4. The zero-order valence-corrected chi connectivity index (χ0v) is 23.4. The van der Waals surface area contributed by atoms with Crippen LogP contribution in [0.5, 0.6) is 11.5 Å². The fourth-order valence-electron chi connectivity index (χ4n) is 3.39. The van der Waals surface area contributed by atoms with Crippen molar-refractivity contribution in [3.63, 3.8) is 0 Å². The first-order valence-electron chi connectivity index (χ1n) is 12.8. The number of methoxy groups -OCH3 is 1. The highest BCUT2D eigenvalue weighted by molar-refractivity contribution is 5.81. The van der Waals surface area contributed by atoms with Gasteiger partial charge in [-0.1, -0.05) is 54.5 Å². The smallest absolute Gasteiger partial charge is 0.326 e. The molecule has 0 spiro atoms. The van der Waals surface area contributed by atoms with Crippen molar-refractivity contribution >= 4 is 23.9 Å². The average Bonchev–Trinajstić information content (AvgIpc) is 2.78. The third-order valence-electron chi connectivity index (χ3n) is 5.88. The molecule has 37 heavy (non-hydrogen) atoms. The van der Waals surface area contributed by atoms with Crippen LogP contribution < -0.4 is 15.2 Å². The van der Waals surface area contributed by atoms with Gasteiger partial charge in [0.05, 0.1) is 19.6 Å². The quantitative estimate of drug-likeness (QED) is 0.282. The summed E-state index contributed by atoms with van der Waals surface area (Å²) in [7, 11) is 1.23. The Morgan fingerprint density at radius 3 is 1.89 bits per heavy atom. The molecule has 0 saturated heterocycles. The van der Waals surface area contributed by atoms with E-state index in [1.54, 1.807) is 13.0 Å². The molecule has 0 saturated carbocycles. The van der Waals surface area contributed by atoms with Crippen molar-refractivity contribution < 1.29 is 38.1 Å². The van der Waals surface area contributed by atoms with Crippen molar-refractivity contribution in [2.45, 2.75) is 79.7 Å². The number of hydrogen-bond acceptors (Lipinski definition) is 9. The van der Waals surface area contributed by atoms with Gasteiger partial charge in [-0.2, -0.15) is 0 Å². The number of rotatable bonds is 14. The minimum Gasteiger partial charge on any atom is -0.468 e. The summed E-state index contributed by atoms with van der Waals surface area (Å²) in [4.78, 5) is 49.5. The number of hydrogen-bond donors (Lipinski definition) is 1. The van der Waals surface area contributed by atoms with E-state index in [-0.39, 0.29) is 73.4 Å². The van der Waals surface area contributed by atoms with Crippen molar-refractivity contribution in [1.29, 1.82) is 0 Å². The maximum absolute atomic E-state index is 12.6. The second-order valence-corrected chi connectivity index (χ2v) is 10.7. The van der Waals surface area contributed by atoms with E-state index in [1.165, 1.54) is 19.2 Å². The van der Waals surface area contributed by atoms with Crippen LogP contribution in [-0.2, 0) is 35.1 Å². The van der Waals surface area contributed by atoms with Gasteiger partial charge in [0.2, 0.25) is 0 Å². The van der Waals surface area contributed by atoms with Crippen LogP contribution in [0.3, 0.4) is 0 Å². The molecule has 1 aromatic rings. The van der Waals surface area contributed by atoms with Crippen LogP contribution in [0.2, 0.25) is 0 Å². The average molecular weight is 522 g/mol. The highest BCUT2D eigenvalue weighted by atomic mass is 16.6. The molecule has 9 heteroatoms. The summed E-state index contributed by atoms with van der Waals surface area (Å²) in [5.41, 5.74) is 5.48. The van der Waals surface area contributed by atoms with Crippen molar-refractivity contribution in [2.24, 2.45) is 29.4 Å². The Bertz CT molecular complexity index is 940. The molecular weight excluding hydrogens is 478 g/mol. The molecule has 1 unspecified atom stereocenters. The van der Waals surface area contributed by atoms with Crippen LogP contribution in [0, 0.1) is 23.7 Å². The first kappa shape index (κ1) is 32.1. The molecule has 0 aromatic heterocycles. The van der Waals surface area contributed by atoms with Gasteiger partial charge in [0.25, 0.3) is 0 Å². The van der Waals surface area contributed by atoms with Gasteiger partial charge in [-0.3, -0.25) is 19.2 Å². The molecule has 0 radical (unpaired) electrons. The van der Waals surface area contributed by atoms with Crippen LogP contribution >= 0.6 is 0 Å². The number of nitrogens with two attached hydrogens (primary N) is 1. The summed E-state index contributed by atoms with van der Waals surface area (Å²) in [6.07, 6.45) is 0.395. The Labute approximate surface area is 220 Å². The lowest BCUT2D eigenvalue weighted by Gasteiger charge is -2.27. The molecular formula is C28H43NO8. The lowest BCUT2D eigenvalue weighted by molar-refractivity contribution is -0.153. The standard InChI is InChI=1S/C28H43NO8/c1-17(2)13-24(30)36-22-10-9-21(15-23(22)37-25(31)14-18(3)4)16-28(29,27(33)34-8)11-12-35-26(32)20(7)19(5)6/h9-10,15,17-20H,11-14,16,29H2,1-8H3/t20?,28-/m1/s1. The molecule has 0 fully saturated rings. The topological polar surface area (TPSA) is 131 Å². The Morgan fingerprint density at radius 1 is 0.865 bits per heavy atom. The Kier molecular flexibility index (Phi) is 12.8. The van der Waals surface area contributed by atoms with Crippen LogP contribution in [0.1, 0.15) is 73.3 Å². The summed E-state index contributed by atoms with van der Waals surface area (Å²) in [5.74, 6) is -1.83. The number of benzene rings is 1. The molecule has 0 aliphatic rings. The summed E-state index contributed by atoms with van der Waals surface area (Å²) in [6.45, 7) is 13.1. The van der Waals surface area contributed by atoms with Gasteiger partial charge in [-0.25, -0.2) is 0 Å². The Balaban J connectivity index is 3.17. The maximum atomic E-state index is 12.6. The fourth-order valence-corrected chi connectivity index (χ4v) is 3.39. The minimum absolute atomic E-state index is 0.00586. The highest BCUT2D eigenvalue weighted by Crippen LogP contribution is 2.32. The Hall–Kier alpha value is -2.94. The minimum atomic E-state index is -1.51. The van der Waals surface area contributed by atoms with E-state index in [0.29, 0.717) is 5.56 Å².